The molecular formula is C18H22N2O3. The van der Waals surface area contributed by atoms with Crippen molar-refractivity contribution in [1.82, 2.24) is 4.90 Å². The van der Waals surface area contributed by atoms with Crippen LogP contribution in [-0.4, -0.2) is 42.9 Å². The van der Waals surface area contributed by atoms with Crippen LogP contribution in [0.5, 0.6) is 0 Å². The summed E-state index contributed by atoms with van der Waals surface area (Å²) in [6.45, 7) is 4.20. The summed E-state index contributed by atoms with van der Waals surface area (Å²) in [5, 5.41) is 8.79. The molecule has 1 heterocycles. The molecule has 0 radical (unpaired) electrons. The van der Waals surface area contributed by atoms with Gasteiger partial charge in [0, 0.05) is 18.5 Å². The fraction of sp³-hybridized carbons (Fsp3) is 0.500. The number of piperidine rings is 1. The second-order valence-electron chi connectivity index (χ2n) is 5.86. The SMILES string of the molecule is CCOC(=O)CC1CCCN(CC(=O)c2ccc(C#N)cc2)C1. The van der Waals surface area contributed by atoms with Crippen LogP contribution >= 0.6 is 0 Å². The average Bonchev–Trinajstić information content (AvgIpc) is 2.55. The van der Waals surface area contributed by atoms with E-state index in [9.17, 15) is 9.59 Å². The van der Waals surface area contributed by atoms with Crippen LogP contribution in [0.4, 0.5) is 0 Å². The van der Waals surface area contributed by atoms with E-state index in [1.807, 2.05) is 6.07 Å². The molecule has 5 heteroatoms. The average molecular weight is 314 g/mol. The number of carbonyl (C=O) groups is 2. The predicted molar refractivity (Wildman–Crippen MR) is 85.9 cm³/mol. The number of nitriles is 1. The molecule has 5 nitrogen and oxygen atoms in total. The van der Waals surface area contributed by atoms with Crippen LogP contribution in [0.25, 0.3) is 0 Å². The lowest BCUT2D eigenvalue weighted by atomic mass is 9.94. The Bertz CT molecular complexity index is 589. The highest BCUT2D eigenvalue weighted by Crippen LogP contribution is 2.20. The molecule has 2 rings (SSSR count). The van der Waals surface area contributed by atoms with Gasteiger partial charge in [-0.25, -0.2) is 0 Å². The molecule has 1 fully saturated rings. The standard InChI is InChI=1S/C18H22N2O3/c1-2-23-18(22)10-15-4-3-9-20(12-15)13-17(21)16-7-5-14(11-19)6-8-16/h5-8,15H,2-4,9-10,12-13H2,1H3. The van der Waals surface area contributed by atoms with Crippen LogP contribution < -0.4 is 0 Å². The zero-order chi connectivity index (χ0) is 16.7. The summed E-state index contributed by atoms with van der Waals surface area (Å²) in [7, 11) is 0. The van der Waals surface area contributed by atoms with E-state index in [2.05, 4.69) is 4.90 Å². The van der Waals surface area contributed by atoms with Gasteiger partial charge in [-0.1, -0.05) is 12.1 Å². The van der Waals surface area contributed by atoms with E-state index in [1.165, 1.54) is 0 Å². The molecule has 0 N–H and O–H groups in total. The Hall–Kier alpha value is -2.19. The number of nitrogens with zero attached hydrogens (tertiary/aromatic N) is 2. The first kappa shape index (κ1) is 17.2. The molecule has 0 spiro atoms. The second-order valence-corrected chi connectivity index (χ2v) is 5.86. The number of benzene rings is 1. The van der Waals surface area contributed by atoms with Gasteiger partial charge in [0.1, 0.15) is 0 Å². The van der Waals surface area contributed by atoms with Gasteiger partial charge in [0.05, 0.1) is 24.8 Å². The first-order chi connectivity index (χ1) is 11.1. The van der Waals surface area contributed by atoms with Gasteiger partial charge in [-0.05, 0) is 44.4 Å². The van der Waals surface area contributed by atoms with Crippen LogP contribution in [0.15, 0.2) is 24.3 Å². The van der Waals surface area contributed by atoms with Gasteiger partial charge in [0.2, 0.25) is 0 Å². The number of ether oxygens (including phenoxy) is 1. The topological polar surface area (TPSA) is 70.4 Å². The summed E-state index contributed by atoms with van der Waals surface area (Å²) in [5.41, 5.74) is 1.17. The lowest BCUT2D eigenvalue weighted by molar-refractivity contribution is -0.144. The summed E-state index contributed by atoms with van der Waals surface area (Å²) in [6.07, 6.45) is 2.42. The van der Waals surface area contributed by atoms with Crippen LogP contribution in [0.3, 0.4) is 0 Å². The van der Waals surface area contributed by atoms with Crippen molar-refractivity contribution in [3.05, 3.63) is 35.4 Å². The summed E-state index contributed by atoms with van der Waals surface area (Å²) in [4.78, 5) is 26.0. The molecular weight excluding hydrogens is 292 g/mol. The Morgan fingerprint density at radius 1 is 1.35 bits per heavy atom. The predicted octanol–water partition coefficient (Wildman–Crippen LogP) is 2.41. The van der Waals surface area contributed by atoms with E-state index in [0.29, 0.717) is 30.7 Å². The Kier molecular flexibility index (Phi) is 6.30. The maximum Gasteiger partial charge on any atom is 0.306 e. The number of hydrogen-bond acceptors (Lipinski definition) is 5. The summed E-state index contributed by atoms with van der Waals surface area (Å²) >= 11 is 0. The molecule has 1 aromatic rings. The Labute approximate surface area is 136 Å². The maximum atomic E-state index is 12.3. The van der Waals surface area contributed by atoms with Crippen molar-refractivity contribution < 1.29 is 14.3 Å². The van der Waals surface area contributed by atoms with E-state index < -0.39 is 0 Å². The van der Waals surface area contributed by atoms with Gasteiger partial charge in [-0.15, -0.1) is 0 Å². The van der Waals surface area contributed by atoms with Crippen molar-refractivity contribution in [3.8, 4) is 6.07 Å². The zero-order valence-electron chi connectivity index (χ0n) is 13.5. The molecule has 122 valence electrons. The normalized spacial score (nSPS) is 18.2. The van der Waals surface area contributed by atoms with Crippen LogP contribution in [0, 0.1) is 17.2 Å². The fourth-order valence-corrected chi connectivity index (χ4v) is 2.94. The van der Waals surface area contributed by atoms with Gasteiger partial charge in [-0.3, -0.25) is 14.5 Å². The van der Waals surface area contributed by atoms with Gasteiger partial charge >= 0.3 is 5.97 Å². The lowest BCUT2D eigenvalue weighted by Crippen LogP contribution is -2.39. The minimum absolute atomic E-state index is 0.0475. The van der Waals surface area contributed by atoms with Crippen molar-refractivity contribution in [2.75, 3.05) is 26.2 Å². The minimum Gasteiger partial charge on any atom is -0.466 e. The number of rotatable bonds is 6. The van der Waals surface area contributed by atoms with Crippen LogP contribution in [-0.2, 0) is 9.53 Å². The van der Waals surface area contributed by atoms with E-state index >= 15 is 0 Å². The molecule has 1 aliphatic rings. The molecule has 0 bridgehead atoms. The summed E-state index contributed by atoms with van der Waals surface area (Å²) in [5.74, 6) is 0.153. The maximum absolute atomic E-state index is 12.3. The van der Waals surface area contributed by atoms with Gasteiger partial charge in [-0.2, -0.15) is 5.26 Å². The molecule has 0 aliphatic carbocycles. The molecule has 1 aromatic carbocycles. The Balaban J connectivity index is 1.87. The van der Waals surface area contributed by atoms with Crippen molar-refractivity contribution in [3.63, 3.8) is 0 Å². The number of esters is 1. The number of ketones is 1. The highest BCUT2D eigenvalue weighted by molar-refractivity contribution is 5.97. The van der Waals surface area contributed by atoms with E-state index in [0.717, 1.165) is 25.9 Å². The third-order valence-electron chi connectivity index (χ3n) is 4.07. The largest absolute Gasteiger partial charge is 0.466 e. The third-order valence-corrected chi connectivity index (χ3v) is 4.07. The van der Waals surface area contributed by atoms with Crippen molar-refractivity contribution in [1.29, 1.82) is 5.26 Å². The minimum atomic E-state index is -0.155. The van der Waals surface area contributed by atoms with Crippen LogP contribution in [0.1, 0.15) is 42.1 Å². The molecule has 1 aliphatic heterocycles. The Morgan fingerprint density at radius 2 is 2.09 bits per heavy atom. The number of carbonyl (C=O) groups excluding carboxylic acids is 2. The molecule has 1 unspecified atom stereocenters. The molecule has 1 saturated heterocycles. The monoisotopic (exact) mass is 314 g/mol. The van der Waals surface area contributed by atoms with E-state index in [1.54, 1.807) is 31.2 Å². The van der Waals surface area contributed by atoms with Gasteiger partial charge < -0.3 is 4.74 Å². The number of likely N-dealkylation sites (tertiary alicyclic amines) is 1. The zero-order valence-corrected chi connectivity index (χ0v) is 13.5. The van der Waals surface area contributed by atoms with Crippen molar-refractivity contribution in [2.24, 2.45) is 5.92 Å². The molecule has 0 amide bonds. The van der Waals surface area contributed by atoms with Gasteiger partial charge in [0.15, 0.2) is 5.78 Å². The second kappa shape index (κ2) is 8.44. The van der Waals surface area contributed by atoms with Crippen LogP contribution in [0.2, 0.25) is 0 Å². The summed E-state index contributed by atoms with van der Waals surface area (Å²) < 4.78 is 5.00. The van der Waals surface area contributed by atoms with Crippen molar-refractivity contribution in [2.45, 2.75) is 26.2 Å². The third kappa shape index (κ3) is 5.19. The first-order valence-electron chi connectivity index (χ1n) is 8.03. The molecule has 1 atom stereocenters. The quantitative estimate of drug-likeness (QED) is 0.595. The molecule has 0 saturated carbocycles. The number of hydrogen-bond donors (Lipinski definition) is 0. The highest BCUT2D eigenvalue weighted by Gasteiger charge is 2.24. The van der Waals surface area contributed by atoms with E-state index in [4.69, 9.17) is 10.00 Å². The highest BCUT2D eigenvalue weighted by atomic mass is 16.5. The number of Topliss-reactive ketones (excluding diaryl/α,β-unsaturated/α-hetero) is 1. The van der Waals surface area contributed by atoms with E-state index in [-0.39, 0.29) is 17.7 Å². The van der Waals surface area contributed by atoms with Crippen molar-refractivity contribution >= 4 is 11.8 Å². The first-order valence-corrected chi connectivity index (χ1v) is 8.03. The fourth-order valence-electron chi connectivity index (χ4n) is 2.94. The Morgan fingerprint density at radius 3 is 2.74 bits per heavy atom. The molecule has 23 heavy (non-hydrogen) atoms. The smallest absolute Gasteiger partial charge is 0.306 e. The van der Waals surface area contributed by atoms with Gasteiger partial charge in [0.25, 0.3) is 0 Å². The lowest BCUT2D eigenvalue weighted by Gasteiger charge is -2.31. The molecule has 0 aromatic heterocycles. The summed E-state index contributed by atoms with van der Waals surface area (Å²) in [6, 6.07) is 8.75.